The standard InChI is InChI=1S/C15H15IN4O/c16-11-3-1-10(2-4-11)7-12(8-21)20-15-13-5-6-17-14(13)18-9-19-15/h1-6,9,12,21H,7-8H2,(H2,17,18,19,20)/t12-/m0/s1. The molecule has 0 radical (unpaired) electrons. The molecule has 2 aromatic heterocycles. The molecule has 0 spiro atoms. The Morgan fingerprint density at radius 3 is 2.76 bits per heavy atom. The molecule has 0 aliphatic rings. The molecule has 1 atom stereocenters. The van der Waals surface area contributed by atoms with Crippen LogP contribution in [0.3, 0.4) is 0 Å². The number of aliphatic hydroxyl groups excluding tert-OH is 1. The first kappa shape index (κ1) is 14.3. The van der Waals surface area contributed by atoms with Crippen LogP contribution in [0, 0.1) is 3.57 Å². The predicted octanol–water partition coefficient (Wildman–Crippen LogP) is 2.58. The molecule has 6 heteroatoms. The van der Waals surface area contributed by atoms with Crippen molar-refractivity contribution in [1.82, 2.24) is 15.0 Å². The Balaban J connectivity index is 1.78. The summed E-state index contributed by atoms with van der Waals surface area (Å²) in [4.78, 5) is 11.5. The van der Waals surface area contributed by atoms with E-state index in [1.807, 2.05) is 12.3 Å². The smallest absolute Gasteiger partial charge is 0.142 e. The molecular formula is C15H15IN4O. The first-order valence-corrected chi connectivity index (χ1v) is 7.74. The van der Waals surface area contributed by atoms with E-state index < -0.39 is 0 Å². The number of nitrogens with one attached hydrogen (secondary N) is 2. The molecule has 0 aliphatic heterocycles. The first-order valence-electron chi connectivity index (χ1n) is 6.66. The summed E-state index contributed by atoms with van der Waals surface area (Å²) in [5.41, 5.74) is 1.97. The van der Waals surface area contributed by atoms with Crippen molar-refractivity contribution in [2.45, 2.75) is 12.5 Å². The van der Waals surface area contributed by atoms with Crippen molar-refractivity contribution < 1.29 is 5.11 Å². The van der Waals surface area contributed by atoms with Crippen LogP contribution in [-0.2, 0) is 6.42 Å². The molecule has 0 bridgehead atoms. The van der Waals surface area contributed by atoms with Gasteiger partial charge in [-0.2, -0.15) is 0 Å². The maximum absolute atomic E-state index is 9.61. The lowest BCUT2D eigenvalue weighted by atomic mass is 10.1. The molecule has 0 fully saturated rings. The highest BCUT2D eigenvalue weighted by Gasteiger charge is 2.12. The van der Waals surface area contributed by atoms with Crippen molar-refractivity contribution in [1.29, 1.82) is 0 Å². The molecule has 0 aliphatic carbocycles. The van der Waals surface area contributed by atoms with Crippen LogP contribution in [-0.4, -0.2) is 32.7 Å². The van der Waals surface area contributed by atoms with Crippen LogP contribution in [0.15, 0.2) is 42.9 Å². The second kappa shape index (κ2) is 6.40. The summed E-state index contributed by atoms with van der Waals surface area (Å²) in [6.07, 6.45) is 4.08. The van der Waals surface area contributed by atoms with E-state index in [-0.39, 0.29) is 12.6 Å². The molecule has 3 aromatic rings. The molecule has 0 saturated heterocycles. The molecule has 108 valence electrons. The molecule has 3 N–H and O–H groups in total. The third kappa shape index (κ3) is 3.33. The minimum absolute atomic E-state index is 0.0436. The van der Waals surface area contributed by atoms with Crippen molar-refractivity contribution >= 4 is 39.4 Å². The van der Waals surface area contributed by atoms with E-state index >= 15 is 0 Å². The summed E-state index contributed by atoms with van der Waals surface area (Å²) in [6.45, 7) is 0.0436. The Bertz CT molecular complexity index is 726. The molecule has 2 heterocycles. The Hall–Kier alpha value is -1.67. The number of hydrogen-bond donors (Lipinski definition) is 3. The van der Waals surface area contributed by atoms with E-state index in [1.165, 1.54) is 15.5 Å². The van der Waals surface area contributed by atoms with Crippen molar-refractivity contribution in [2.75, 3.05) is 11.9 Å². The molecule has 0 unspecified atom stereocenters. The summed E-state index contributed by atoms with van der Waals surface area (Å²) >= 11 is 2.28. The molecule has 0 saturated carbocycles. The van der Waals surface area contributed by atoms with Crippen LogP contribution >= 0.6 is 22.6 Å². The SMILES string of the molecule is OC[C@H](Cc1ccc(I)cc1)Nc1ncnc2[nH]ccc12. The molecule has 21 heavy (non-hydrogen) atoms. The van der Waals surface area contributed by atoms with Gasteiger partial charge >= 0.3 is 0 Å². The van der Waals surface area contributed by atoms with E-state index in [9.17, 15) is 5.11 Å². The van der Waals surface area contributed by atoms with Gasteiger partial charge in [-0.1, -0.05) is 12.1 Å². The Kier molecular flexibility index (Phi) is 4.35. The Morgan fingerprint density at radius 2 is 2.00 bits per heavy atom. The van der Waals surface area contributed by atoms with Gasteiger partial charge < -0.3 is 15.4 Å². The fourth-order valence-corrected chi connectivity index (χ4v) is 2.61. The minimum Gasteiger partial charge on any atom is -0.394 e. The van der Waals surface area contributed by atoms with E-state index in [0.717, 1.165) is 23.3 Å². The third-order valence-electron chi connectivity index (χ3n) is 3.31. The molecule has 0 amide bonds. The monoisotopic (exact) mass is 394 g/mol. The number of hydrogen-bond acceptors (Lipinski definition) is 4. The lowest BCUT2D eigenvalue weighted by Crippen LogP contribution is -2.27. The van der Waals surface area contributed by atoms with Crippen molar-refractivity contribution in [3.8, 4) is 0 Å². The zero-order valence-electron chi connectivity index (χ0n) is 11.3. The average Bonchev–Trinajstić information content (AvgIpc) is 2.98. The number of aromatic amines is 1. The number of H-pyrrole nitrogens is 1. The number of aromatic nitrogens is 3. The van der Waals surface area contributed by atoms with Gasteiger partial charge in [0.05, 0.1) is 18.0 Å². The average molecular weight is 394 g/mol. The fourth-order valence-electron chi connectivity index (χ4n) is 2.25. The van der Waals surface area contributed by atoms with Gasteiger partial charge in [0.15, 0.2) is 0 Å². The van der Waals surface area contributed by atoms with Gasteiger partial charge in [0.25, 0.3) is 0 Å². The van der Waals surface area contributed by atoms with Gasteiger partial charge in [0.2, 0.25) is 0 Å². The maximum Gasteiger partial charge on any atom is 0.142 e. The number of anilines is 1. The topological polar surface area (TPSA) is 73.8 Å². The third-order valence-corrected chi connectivity index (χ3v) is 4.03. The van der Waals surface area contributed by atoms with Crippen LogP contribution in [0.25, 0.3) is 11.0 Å². The molecule has 3 rings (SSSR count). The summed E-state index contributed by atoms with van der Waals surface area (Å²) in [6, 6.07) is 10.1. The quantitative estimate of drug-likeness (QED) is 0.582. The van der Waals surface area contributed by atoms with Gasteiger partial charge in [0.1, 0.15) is 17.8 Å². The molecule has 1 aromatic carbocycles. The van der Waals surface area contributed by atoms with Crippen LogP contribution < -0.4 is 5.32 Å². The largest absolute Gasteiger partial charge is 0.394 e. The van der Waals surface area contributed by atoms with Crippen LogP contribution in [0.1, 0.15) is 5.56 Å². The highest BCUT2D eigenvalue weighted by Crippen LogP contribution is 2.19. The maximum atomic E-state index is 9.61. The summed E-state index contributed by atoms with van der Waals surface area (Å²) in [7, 11) is 0. The number of halogens is 1. The zero-order chi connectivity index (χ0) is 14.7. The number of fused-ring (bicyclic) bond motifs is 1. The Morgan fingerprint density at radius 1 is 1.19 bits per heavy atom. The second-order valence-corrected chi connectivity index (χ2v) is 6.06. The van der Waals surface area contributed by atoms with Crippen molar-refractivity contribution in [2.24, 2.45) is 0 Å². The van der Waals surface area contributed by atoms with Gasteiger partial charge in [-0.3, -0.25) is 0 Å². The van der Waals surface area contributed by atoms with Gasteiger partial charge in [-0.25, -0.2) is 9.97 Å². The van der Waals surface area contributed by atoms with E-state index in [0.29, 0.717) is 0 Å². The lowest BCUT2D eigenvalue weighted by molar-refractivity contribution is 0.273. The van der Waals surface area contributed by atoms with E-state index in [4.69, 9.17) is 0 Å². The Labute approximate surface area is 136 Å². The molecule has 5 nitrogen and oxygen atoms in total. The highest BCUT2D eigenvalue weighted by molar-refractivity contribution is 14.1. The first-order chi connectivity index (χ1) is 10.3. The summed E-state index contributed by atoms with van der Waals surface area (Å²) in [5.74, 6) is 0.741. The number of nitrogens with zero attached hydrogens (tertiary/aromatic N) is 2. The van der Waals surface area contributed by atoms with Crippen LogP contribution in [0.2, 0.25) is 0 Å². The number of aliphatic hydroxyl groups is 1. The van der Waals surface area contributed by atoms with Crippen LogP contribution in [0.5, 0.6) is 0 Å². The fraction of sp³-hybridized carbons (Fsp3) is 0.200. The summed E-state index contributed by atoms with van der Waals surface area (Å²) < 4.78 is 1.20. The summed E-state index contributed by atoms with van der Waals surface area (Å²) in [5, 5.41) is 13.8. The van der Waals surface area contributed by atoms with Crippen LogP contribution in [0.4, 0.5) is 5.82 Å². The van der Waals surface area contributed by atoms with E-state index in [2.05, 4.69) is 67.1 Å². The zero-order valence-corrected chi connectivity index (χ0v) is 13.4. The number of benzene rings is 1. The molecular weight excluding hydrogens is 379 g/mol. The predicted molar refractivity (Wildman–Crippen MR) is 91.2 cm³/mol. The van der Waals surface area contributed by atoms with Gasteiger partial charge in [-0.05, 0) is 52.8 Å². The number of rotatable bonds is 5. The minimum atomic E-state index is -0.0851. The lowest BCUT2D eigenvalue weighted by Gasteiger charge is -2.17. The van der Waals surface area contributed by atoms with Crippen molar-refractivity contribution in [3.05, 3.63) is 52.0 Å². The van der Waals surface area contributed by atoms with E-state index in [1.54, 1.807) is 0 Å². The normalized spacial score (nSPS) is 12.5. The highest BCUT2D eigenvalue weighted by atomic mass is 127. The second-order valence-electron chi connectivity index (χ2n) is 4.82. The van der Waals surface area contributed by atoms with Crippen molar-refractivity contribution in [3.63, 3.8) is 0 Å². The van der Waals surface area contributed by atoms with Gasteiger partial charge in [-0.15, -0.1) is 0 Å². The van der Waals surface area contributed by atoms with Gasteiger partial charge in [0, 0.05) is 9.77 Å².